The number of allylic oxidation sites excluding steroid dienone is 2. The van der Waals surface area contributed by atoms with Crippen LogP contribution < -0.4 is 5.32 Å². The lowest BCUT2D eigenvalue weighted by Crippen LogP contribution is -2.44. The van der Waals surface area contributed by atoms with E-state index in [9.17, 15) is 4.79 Å². The Morgan fingerprint density at radius 1 is 1.17 bits per heavy atom. The second-order valence-corrected chi connectivity index (χ2v) is 6.99. The number of unbranched alkanes of at least 4 members (excludes halogenated alkanes) is 4. The molecule has 23 heavy (non-hydrogen) atoms. The third-order valence-corrected chi connectivity index (χ3v) is 5.17. The molecular weight excluding hydrogens is 290 g/mol. The van der Waals surface area contributed by atoms with Gasteiger partial charge in [0.25, 0.3) is 0 Å². The van der Waals surface area contributed by atoms with Crippen LogP contribution in [0.1, 0.15) is 71.1 Å². The van der Waals surface area contributed by atoms with Gasteiger partial charge >= 0.3 is 5.97 Å². The minimum absolute atomic E-state index is 0.267. The summed E-state index contributed by atoms with van der Waals surface area (Å²) in [4.78, 5) is 10.5. The predicted octanol–water partition coefficient (Wildman–Crippen LogP) is 3.90. The number of rotatable bonds is 12. The molecule has 2 saturated heterocycles. The van der Waals surface area contributed by atoms with Gasteiger partial charge in [-0.15, -0.1) is 0 Å². The summed E-state index contributed by atoms with van der Waals surface area (Å²) < 4.78 is 6.11. The standard InChI is InChI=1S/C19H33NO3/c1-2-3-4-9-14-20-19-15(16-12-13-17(19)23-16)10-7-5-6-8-11-18(21)22/h5,7,15-17,19-20H,2-4,6,8-14H2,1H3,(H,21,22)/b7-5-/t15-,16+,17-,19?/m0/s1. The molecule has 0 aromatic heterocycles. The van der Waals surface area contributed by atoms with Crippen molar-refractivity contribution >= 4 is 5.97 Å². The molecule has 1 unspecified atom stereocenters. The number of ether oxygens (including phenoxy) is 1. The van der Waals surface area contributed by atoms with Gasteiger partial charge in [0, 0.05) is 18.4 Å². The summed E-state index contributed by atoms with van der Waals surface area (Å²) in [6.45, 7) is 3.35. The molecular formula is C19H33NO3. The van der Waals surface area contributed by atoms with E-state index in [2.05, 4.69) is 24.4 Å². The summed E-state index contributed by atoms with van der Waals surface area (Å²) in [7, 11) is 0. The Hall–Kier alpha value is -0.870. The van der Waals surface area contributed by atoms with Gasteiger partial charge in [-0.2, -0.15) is 0 Å². The van der Waals surface area contributed by atoms with Crippen LogP contribution in [0.3, 0.4) is 0 Å². The van der Waals surface area contributed by atoms with Crippen LogP contribution in [-0.4, -0.2) is 35.9 Å². The smallest absolute Gasteiger partial charge is 0.303 e. The first-order valence-electron chi connectivity index (χ1n) is 9.48. The molecule has 2 bridgehead atoms. The van der Waals surface area contributed by atoms with Crippen LogP contribution in [-0.2, 0) is 9.53 Å². The number of fused-ring (bicyclic) bond motifs is 2. The van der Waals surface area contributed by atoms with Crippen molar-refractivity contribution in [2.75, 3.05) is 6.54 Å². The van der Waals surface area contributed by atoms with E-state index in [1.807, 2.05) is 0 Å². The van der Waals surface area contributed by atoms with Crippen molar-refractivity contribution in [2.24, 2.45) is 5.92 Å². The van der Waals surface area contributed by atoms with E-state index in [4.69, 9.17) is 9.84 Å². The molecule has 2 fully saturated rings. The highest BCUT2D eigenvalue weighted by Crippen LogP contribution is 2.41. The third-order valence-electron chi connectivity index (χ3n) is 5.17. The predicted molar refractivity (Wildman–Crippen MR) is 92.6 cm³/mol. The van der Waals surface area contributed by atoms with Gasteiger partial charge in [-0.25, -0.2) is 0 Å². The van der Waals surface area contributed by atoms with Gasteiger partial charge in [0.2, 0.25) is 0 Å². The minimum Gasteiger partial charge on any atom is -0.481 e. The topological polar surface area (TPSA) is 58.6 Å². The van der Waals surface area contributed by atoms with E-state index in [1.54, 1.807) is 0 Å². The van der Waals surface area contributed by atoms with Crippen molar-refractivity contribution in [1.82, 2.24) is 5.32 Å². The van der Waals surface area contributed by atoms with E-state index in [0.717, 1.165) is 25.8 Å². The summed E-state index contributed by atoms with van der Waals surface area (Å²) >= 11 is 0. The maximum atomic E-state index is 10.5. The second-order valence-electron chi connectivity index (χ2n) is 6.99. The van der Waals surface area contributed by atoms with Crippen molar-refractivity contribution in [2.45, 2.75) is 89.4 Å². The molecule has 2 rings (SSSR count). The van der Waals surface area contributed by atoms with Crippen molar-refractivity contribution in [3.63, 3.8) is 0 Å². The number of carbonyl (C=O) groups is 1. The van der Waals surface area contributed by atoms with Crippen LogP contribution in [0.2, 0.25) is 0 Å². The van der Waals surface area contributed by atoms with Crippen LogP contribution in [0, 0.1) is 5.92 Å². The molecule has 4 heteroatoms. The van der Waals surface area contributed by atoms with E-state index in [1.165, 1.54) is 38.5 Å². The van der Waals surface area contributed by atoms with Gasteiger partial charge in [0.15, 0.2) is 0 Å². The van der Waals surface area contributed by atoms with Crippen molar-refractivity contribution in [1.29, 1.82) is 0 Å². The number of hydrogen-bond acceptors (Lipinski definition) is 3. The van der Waals surface area contributed by atoms with Crippen molar-refractivity contribution < 1.29 is 14.6 Å². The normalized spacial score (nSPS) is 29.6. The molecule has 0 radical (unpaired) electrons. The van der Waals surface area contributed by atoms with Gasteiger partial charge in [-0.1, -0.05) is 38.3 Å². The number of carboxylic acids is 1. The van der Waals surface area contributed by atoms with Gasteiger partial charge in [-0.05, 0) is 45.1 Å². The molecule has 132 valence electrons. The quantitative estimate of drug-likeness (QED) is 0.422. The maximum Gasteiger partial charge on any atom is 0.303 e. The van der Waals surface area contributed by atoms with Crippen LogP contribution in [0.4, 0.5) is 0 Å². The molecule has 0 aromatic carbocycles. The van der Waals surface area contributed by atoms with Crippen LogP contribution in [0.25, 0.3) is 0 Å². The van der Waals surface area contributed by atoms with Crippen molar-refractivity contribution in [3.8, 4) is 0 Å². The van der Waals surface area contributed by atoms with Crippen LogP contribution >= 0.6 is 0 Å². The Morgan fingerprint density at radius 2 is 2.00 bits per heavy atom. The molecule has 0 spiro atoms. The molecule has 0 aromatic rings. The van der Waals surface area contributed by atoms with E-state index >= 15 is 0 Å². The second kappa shape index (κ2) is 10.1. The first-order chi connectivity index (χ1) is 11.2. The number of aliphatic carboxylic acids is 1. The Morgan fingerprint density at radius 3 is 2.78 bits per heavy atom. The summed E-state index contributed by atoms with van der Waals surface area (Å²) in [5, 5.41) is 12.4. The molecule has 2 aliphatic heterocycles. The molecule has 0 aliphatic carbocycles. The number of nitrogens with one attached hydrogen (secondary N) is 1. The largest absolute Gasteiger partial charge is 0.481 e. The fourth-order valence-electron chi connectivity index (χ4n) is 3.92. The molecule has 0 amide bonds. The first-order valence-corrected chi connectivity index (χ1v) is 9.48. The summed E-state index contributed by atoms with van der Waals surface area (Å²) in [6, 6.07) is 0.513. The van der Waals surface area contributed by atoms with Crippen LogP contribution in [0.5, 0.6) is 0 Å². The summed E-state index contributed by atoms with van der Waals surface area (Å²) in [5.74, 6) is -0.108. The monoisotopic (exact) mass is 323 g/mol. The lowest BCUT2D eigenvalue weighted by molar-refractivity contribution is -0.137. The average molecular weight is 323 g/mol. The molecule has 0 saturated carbocycles. The number of carboxylic acid groups (broad SMARTS) is 1. The Kier molecular flexibility index (Phi) is 8.10. The Bertz CT molecular complexity index is 383. The van der Waals surface area contributed by atoms with E-state index in [-0.39, 0.29) is 6.42 Å². The fraction of sp³-hybridized carbons (Fsp3) is 0.842. The lowest BCUT2D eigenvalue weighted by atomic mass is 9.82. The van der Waals surface area contributed by atoms with Gasteiger partial charge in [-0.3, -0.25) is 4.79 Å². The van der Waals surface area contributed by atoms with E-state index < -0.39 is 5.97 Å². The van der Waals surface area contributed by atoms with Crippen LogP contribution in [0.15, 0.2) is 12.2 Å². The first kappa shape index (κ1) is 18.5. The molecule has 2 aliphatic rings. The summed E-state index contributed by atoms with van der Waals surface area (Å²) in [6.07, 6.45) is 15.8. The molecule has 2 N–H and O–H groups in total. The van der Waals surface area contributed by atoms with Gasteiger partial charge in [0.1, 0.15) is 0 Å². The highest BCUT2D eigenvalue weighted by atomic mass is 16.5. The highest BCUT2D eigenvalue weighted by molar-refractivity contribution is 5.66. The average Bonchev–Trinajstić information content (AvgIpc) is 3.12. The molecule has 2 heterocycles. The van der Waals surface area contributed by atoms with E-state index in [0.29, 0.717) is 24.2 Å². The van der Waals surface area contributed by atoms with Crippen molar-refractivity contribution in [3.05, 3.63) is 12.2 Å². The third kappa shape index (κ3) is 5.92. The SMILES string of the molecule is CCCCCCNC1[C@@H]2CC[C@@H](O2)[C@@H]1C/C=C\CCCC(=O)O. The fourth-order valence-corrected chi connectivity index (χ4v) is 3.92. The zero-order valence-electron chi connectivity index (χ0n) is 14.5. The zero-order valence-corrected chi connectivity index (χ0v) is 14.5. The molecule has 4 nitrogen and oxygen atoms in total. The van der Waals surface area contributed by atoms with Gasteiger partial charge in [0.05, 0.1) is 12.2 Å². The Labute approximate surface area is 140 Å². The minimum atomic E-state index is -0.702. The Balaban J connectivity index is 1.68. The van der Waals surface area contributed by atoms with Gasteiger partial charge < -0.3 is 15.2 Å². The highest BCUT2D eigenvalue weighted by Gasteiger charge is 2.47. The zero-order chi connectivity index (χ0) is 16.5. The molecule has 4 atom stereocenters. The lowest BCUT2D eigenvalue weighted by Gasteiger charge is -2.28. The maximum absolute atomic E-state index is 10.5. The number of hydrogen-bond donors (Lipinski definition) is 2. The summed E-state index contributed by atoms with van der Waals surface area (Å²) in [5.41, 5.74) is 0.